The molecule has 0 aliphatic carbocycles. The Morgan fingerprint density at radius 2 is 2.05 bits per heavy atom. The minimum absolute atomic E-state index is 0.0117. The van der Waals surface area contributed by atoms with Gasteiger partial charge in [0.05, 0.1) is 17.6 Å². The number of carbonyl (C=O) groups excluding carboxylic acids is 1. The third kappa shape index (κ3) is 2.99. The summed E-state index contributed by atoms with van der Waals surface area (Å²) in [5.74, 6) is -1.13. The molecule has 1 aliphatic heterocycles. The van der Waals surface area contributed by atoms with Crippen LogP contribution in [0, 0.1) is 11.3 Å². The number of hydrogen-bond donors (Lipinski definition) is 0. The zero-order chi connectivity index (χ0) is 14.8. The van der Waals surface area contributed by atoms with Crippen LogP contribution >= 0.6 is 0 Å². The third-order valence-corrected chi connectivity index (χ3v) is 5.36. The Balaban J connectivity index is 2.16. The smallest absolute Gasteiger partial charge is 0.244 e. The van der Waals surface area contributed by atoms with E-state index in [1.165, 1.54) is 4.90 Å². The highest BCUT2D eigenvalue weighted by Crippen LogP contribution is 2.22. The summed E-state index contributed by atoms with van der Waals surface area (Å²) < 4.78 is 22.9. The SMILES string of the molecule is CN(C(=O)C(C#N)c1ccccc1)C1CCS(=O)(=O)C1. The van der Waals surface area contributed by atoms with Gasteiger partial charge in [0.25, 0.3) is 0 Å². The molecule has 6 heteroatoms. The average Bonchev–Trinajstić information content (AvgIpc) is 2.80. The van der Waals surface area contributed by atoms with E-state index in [2.05, 4.69) is 0 Å². The summed E-state index contributed by atoms with van der Waals surface area (Å²) in [6.07, 6.45) is 0.442. The van der Waals surface area contributed by atoms with E-state index >= 15 is 0 Å². The Labute approximate surface area is 118 Å². The predicted molar refractivity (Wildman–Crippen MR) is 74.6 cm³/mol. The largest absolute Gasteiger partial charge is 0.340 e. The molecule has 0 aromatic heterocycles. The van der Waals surface area contributed by atoms with Crippen LogP contribution in [0.1, 0.15) is 17.9 Å². The molecule has 0 spiro atoms. The second-order valence-electron chi connectivity index (χ2n) is 4.98. The molecule has 1 aromatic rings. The van der Waals surface area contributed by atoms with E-state index in [1.54, 1.807) is 31.3 Å². The van der Waals surface area contributed by atoms with E-state index in [0.717, 1.165) is 0 Å². The van der Waals surface area contributed by atoms with Crippen LogP contribution in [0.3, 0.4) is 0 Å². The Kier molecular flexibility index (Phi) is 4.09. The van der Waals surface area contributed by atoms with Gasteiger partial charge in [0.2, 0.25) is 5.91 Å². The number of benzene rings is 1. The van der Waals surface area contributed by atoms with E-state index in [1.807, 2.05) is 12.1 Å². The monoisotopic (exact) mass is 292 g/mol. The van der Waals surface area contributed by atoms with Gasteiger partial charge in [0.15, 0.2) is 9.84 Å². The molecule has 2 rings (SSSR count). The minimum Gasteiger partial charge on any atom is -0.340 e. The number of rotatable bonds is 3. The summed E-state index contributed by atoms with van der Waals surface area (Å²) in [5.41, 5.74) is 0.632. The molecule has 0 radical (unpaired) electrons. The van der Waals surface area contributed by atoms with Crippen molar-refractivity contribution in [2.75, 3.05) is 18.6 Å². The topological polar surface area (TPSA) is 78.2 Å². The second-order valence-corrected chi connectivity index (χ2v) is 7.21. The molecule has 1 fully saturated rings. The van der Waals surface area contributed by atoms with Crippen LogP contribution in [0.4, 0.5) is 0 Å². The maximum Gasteiger partial charge on any atom is 0.244 e. The first kappa shape index (κ1) is 14.5. The molecule has 1 saturated heterocycles. The highest BCUT2D eigenvalue weighted by Gasteiger charge is 2.35. The normalized spacial score (nSPS) is 21.9. The van der Waals surface area contributed by atoms with Crippen molar-refractivity contribution >= 4 is 15.7 Å². The first-order chi connectivity index (χ1) is 9.44. The molecule has 1 aromatic carbocycles. The van der Waals surface area contributed by atoms with Gasteiger partial charge in [-0.2, -0.15) is 5.26 Å². The van der Waals surface area contributed by atoms with Crippen molar-refractivity contribution in [2.24, 2.45) is 0 Å². The lowest BCUT2D eigenvalue weighted by Crippen LogP contribution is -2.40. The molecule has 0 saturated carbocycles. The molecule has 5 nitrogen and oxygen atoms in total. The first-order valence-electron chi connectivity index (χ1n) is 6.36. The van der Waals surface area contributed by atoms with Crippen molar-refractivity contribution in [1.82, 2.24) is 4.90 Å². The molecule has 2 atom stereocenters. The van der Waals surface area contributed by atoms with Crippen LogP contribution in [0.5, 0.6) is 0 Å². The highest BCUT2D eigenvalue weighted by molar-refractivity contribution is 7.91. The van der Waals surface area contributed by atoms with Gasteiger partial charge in [-0.15, -0.1) is 0 Å². The van der Waals surface area contributed by atoms with Crippen molar-refractivity contribution in [2.45, 2.75) is 18.4 Å². The van der Waals surface area contributed by atoms with E-state index in [0.29, 0.717) is 12.0 Å². The van der Waals surface area contributed by atoms with Gasteiger partial charge in [-0.3, -0.25) is 4.79 Å². The van der Waals surface area contributed by atoms with Crippen LogP contribution in [-0.2, 0) is 14.6 Å². The van der Waals surface area contributed by atoms with Crippen molar-refractivity contribution in [3.05, 3.63) is 35.9 Å². The van der Waals surface area contributed by atoms with E-state index in [4.69, 9.17) is 0 Å². The highest BCUT2D eigenvalue weighted by atomic mass is 32.2. The average molecular weight is 292 g/mol. The fourth-order valence-electron chi connectivity index (χ4n) is 2.38. The number of nitrogens with zero attached hydrogens (tertiary/aromatic N) is 2. The van der Waals surface area contributed by atoms with Crippen LogP contribution in [0.2, 0.25) is 0 Å². The summed E-state index contributed by atoms with van der Waals surface area (Å²) in [4.78, 5) is 13.8. The molecule has 1 heterocycles. The van der Waals surface area contributed by atoms with E-state index < -0.39 is 15.8 Å². The van der Waals surface area contributed by atoms with E-state index in [9.17, 15) is 18.5 Å². The Hall–Kier alpha value is -1.87. The van der Waals surface area contributed by atoms with Crippen LogP contribution in [-0.4, -0.2) is 43.8 Å². The zero-order valence-electron chi connectivity index (χ0n) is 11.2. The van der Waals surface area contributed by atoms with Gasteiger partial charge in [-0.1, -0.05) is 30.3 Å². The van der Waals surface area contributed by atoms with Crippen LogP contribution < -0.4 is 0 Å². The zero-order valence-corrected chi connectivity index (χ0v) is 12.0. The van der Waals surface area contributed by atoms with Crippen LogP contribution in [0.15, 0.2) is 30.3 Å². The fourth-order valence-corrected chi connectivity index (χ4v) is 4.16. The molecular formula is C14H16N2O3S. The summed E-state index contributed by atoms with van der Waals surface area (Å²) in [6.45, 7) is 0. The number of nitriles is 1. The lowest BCUT2D eigenvalue weighted by molar-refractivity contribution is -0.131. The fraction of sp³-hybridized carbons (Fsp3) is 0.429. The molecular weight excluding hydrogens is 276 g/mol. The lowest BCUT2D eigenvalue weighted by atomic mass is 9.98. The van der Waals surface area contributed by atoms with Gasteiger partial charge < -0.3 is 4.90 Å². The summed E-state index contributed by atoms with van der Waals surface area (Å²) >= 11 is 0. The minimum atomic E-state index is -3.05. The molecule has 20 heavy (non-hydrogen) atoms. The summed E-state index contributed by atoms with van der Waals surface area (Å²) in [7, 11) is -1.48. The second kappa shape index (κ2) is 5.63. The van der Waals surface area contributed by atoms with Crippen molar-refractivity contribution in [3.8, 4) is 6.07 Å². The standard InChI is InChI=1S/C14H16N2O3S/c1-16(12-7-8-20(18,19)10-12)14(17)13(9-15)11-5-3-2-4-6-11/h2-6,12-13H,7-8,10H2,1H3. The first-order valence-corrected chi connectivity index (χ1v) is 8.18. The van der Waals surface area contributed by atoms with Crippen molar-refractivity contribution < 1.29 is 13.2 Å². The maximum absolute atomic E-state index is 12.4. The van der Waals surface area contributed by atoms with E-state index in [-0.39, 0.29) is 23.5 Å². The Bertz CT molecular complexity index is 634. The molecule has 106 valence electrons. The van der Waals surface area contributed by atoms with Gasteiger partial charge in [-0.25, -0.2) is 8.42 Å². The maximum atomic E-state index is 12.4. The quantitative estimate of drug-likeness (QED) is 0.830. The Morgan fingerprint density at radius 3 is 2.55 bits per heavy atom. The molecule has 0 bridgehead atoms. The number of carbonyl (C=O) groups is 1. The van der Waals surface area contributed by atoms with Gasteiger partial charge in [-0.05, 0) is 12.0 Å². The third-order valence-electron chi connectivity index (χ3n) is 3.61. The predicted octanol–water partition coefficient (Wildman–Crippen LogP) is 0.939. The summed E-state index contributed by atoms with van der Waals surface area (Å²) in [5, 5.41) is 9.23. The number of likely N-dealkylation sites (N-methyl/N-ethyl adjacent to an activating group) is 1. The van der Waals surface area contributed by atoms with Crippen molar-refractivity contribution in [3.63, 3.8) is 0 Å². The number of amides is 1. The van der Waals surface area contributed by atoms with Crippen LogP contribution in [0.25, 0.3) is 0 Å². The number of sulfone groups is 1. The molecule has 2 unspecified atom stereocenters. The van der Waals surface area contributed by atoms with Gasteiger partial charge >= 0.3 is 0 Å². The van der Waals surface area contributed by atoms with Gasteiger partial charge in [0, 0.05) is 13.1 Å². The molecule has 1 amide bonds. The van der Waals surface area contributed by atoms with Crippen molar-refractivity contribution in [1.29, 1.82) is 5.26 Å². The Morgan fingerprint density at radius 1 is 1.40 bits per heavy atom. The lowest BCUT2D eigenvalue weighted by Gasteiger charge is -2.25. The number of hydrogen-bond acceptors (Lipinski definition) is 4. The molecule has 1 aliphatic rings. The molecule has 0 N–H and O–H groups in total. The summed E-state index contributed by atoms with van der Waals surface area (Å²) in [6, 6.07) is 10.5. The van der Waals surface area contributed by atoms with Gasteiger partial charge in [0.1, 0.15) is 5.92 Å².